The Morgan fingerprint density at radius 2 is 1.88 bits per heavy atom. The van der Waals surface area contributed by atoms with Crippen molar-refractivity contribution in [2.45, 2.75) is 12.5 Å². The molecule has 2 amide bonds. The summed E-state index contributed by atoms with van der Waals surface area (Å²) in [6, 6.07) is 6.41. The zero-order chi connectivity index (χ0) is 17.8. The first kappa shape index (κ1) is 17.0. The van der Waals surface area contributed by atoms with Gasteiger partial charge in [0.15, 0.2) is 0 Å². The summed E-state index contributed by atoms with van der Waals surface area (Å²) in [5.74, 6) is 0.385. The number of carbonyl (C=O) groups is 2. The number of anilines is 2. The second-order valence-corrected chi connectivity index (χ2v) is 6.05. The molecule has 1 aliphatic heterocycles. The van der Waals surface area contributed by atoms with Gasteiger partial charge in [0.05, 0.1) is 17.4 Å². The second-order valence-electron chi connectivity index (χ2n) is 5.61. The van der Waals surface area contributed by atoms with Crippen molar-refractivity contribution in [3.8, 4) is 0 Å². The lowest BCUT2D eigenvalue weighted by Gasteiger charge is -2.17. The molecule has 2 heterocycles. The van der Waals surface area contributed by atoms with E-state index in [1.165, 1.54) is 12.4 Å². The Hall–Kier alpha value is -2.87. The highest BCUT2D eigenvalue weighted by molar-refractivity contribution is 6.30. The number of aromatic nitrogens is 2. The molecule has 0 aliphatic carbocycles. The van der Waals surface area contributed by atoms with E-state index < -0.39 is 6.09 Å². The molecule has 8 nitrogen and oxygen atoms in total. The zero-order valence-electron chi connectivity index (χ0n) is 13.1. The van der Waals surface area contributed by atoms with Crippen LogP contribution in [0.4, 0.5) is 16.4 Å². The summed E-state index contributed by atoms with van der Waals surface area (Å²) in [6.07, 6.45) is 2.68. The predicted molar refractivity (Wildman–Crippen MR) is 93.1 cm³/mol. The van der Waals surface area contributed by atoms with Crippen LogP contribution in [0.15, 0.2) is 36.7 Å². The largest absolute Gasteiger partial charge is 0.465 e. The average molecular weight is 362 g/mol. The first-order chi connectivity index (χ1) is 12.0. The average Bonchev–Trinajstić information content (AvgIpc) is 3.05. The van der Waals surface area contributed by atoms with E-state index in [2.05, 4.69) is 20.6 Å². The maximum Gasteiger partial charge on any atom is 0.409 e. The number of likely N-dealkylation sites (tertiary alicyclic amines) is 1. The molecule has 1 aromatic heterocycles. The molecule has 2 aromatic rings. The van der Waals surface area contributed by atoms with Gasteiger partial charge < -0.3 is 15.3 Å². The van der Waals surface area contributed by atoms with Crippen LogP contribution in [0, 0.1) is 0 Å². The zero-order valence-corrected chi connectivity index (χ0v) is 13.9. The number of hydrogen-bond acceptors (Lipinski definition) is 5. The van der Waals surface area contributed by atoms with Crippen LogP contribution in [0.3, 0.4) is 0 Å². The van der Waals surface area contributed by atoms with Crippen LogP contribution < -0.4 is 10.6 Å². The number of halogens is 1. The Labute approximate surface area is 148 Å². The SMILES string of the molecule is O=C(O)Nc1ccc(C(=O)N2CC[C@H](Nc3ncc(Cl)cn3)C2)cc1. The van der Waals surface area contributed by atoms with Gasteiger partial charge in [-0.3, -0.25) is 10.1 Å². The lowest BCUT2D eigenvalue weighted by molar-refractivity contribution is 0.0791. The fourth-order valence-electron chi connectivity index (χ4n) is 2.63. The van der Waals surface area contributed by atoms with E-state index in [-0.39, 0.29) is 11.9 Å². The van der Waals surface area contributed by atoms with Crippen molar-refractivity contribution >= 4 is 35.2 Å². The highest BCUT2D eigenvalue weighted by atomic mass is 35.5. The Kier molecular flexibility index (Phi) is 4.99. The molecule has 0 radical (unpaired) electrons. The third-order valence-electron chi connectivity index (χ3n) is 3.81. The third-order valence-corrected chi connectivity index (χ3v) is 4.01. The summed E-state index contributed by atoms with van der Waals surface area (Å²) in [4.78, 5) is 33.1. The van der Waals surface area contributed by atoms with Gasteiger partial charge in [-0.25, -0.2) is 14.8 Å². The predicted octanol–water partition coefficient (Wildman–Crippen LogP) is 2.55. The first-order valence-corrected chi connectivity index (χ1v) is 8.02. The van der Waals surface area contributed by atoms with Crippen molar-refractivity contribution in [1.29, 1.82) is 0 Å². The molecule has 0 saturated carbocycles. The van der Waals surface area contributed by atoms with Gasteiger partial charge >= 0.3 is 6.09 Å². The van der Waals surface area contributed by atoms with Gasteiger partial charge in [-0.05, 0) is 30.7 Å². The number of hydrogen-bond donors (Lipinski definition) is 3. The van der Waals surface area contributed by atoms with E-state index in [0.29, 0.717) is 35.3 Å². The normalized spacial score (nSPS) is 16.5. The van der Waals surface area contributed by atoms with Crippen molar-refractivity contribution in [1.82, 2.24) is 14.9 Å². The summed E-state index contributed by atoms with van der Waals surface area (Å²) in [5, 5.41) is 14.6. The van der Waals surface area contributed by atoms with Gasteiger partial charge in [0.2, 0.25) is 5.95 Å². The molecule has 0 spiro atoms. The highest BCUT2D eigenvalue weighted by Crippen LogP contribution is 2.18. The molecule has 0 unspecified atom stereocenters. The maximum absolute atomic E-state index is 12.5. The Balaban J connectivity index is 1.58. The first-order valence-electron chi connectivity index (χ1n) is 7.64. The molecule has 1 atom stereocenters. The Morgan fingerprint density at radius 1 is 1.20 bits per heavy atom. The molecule has 9 heteroatoms. The molecule has 3 N–H and O–H groups in total. The van der Waals surface area contributed by atoms with E-state index in [1.807, 2.05) is 0 Å². The van der Waals surface area contributed by atoms with Crippen molar-refractivity contribution in [2.75, 3.05) is 23.7 Å². The van der Waals surface area contributed by atoms with Gasteiger partial charge in [0.1, 0.15) is 0 Å². The van der Waals surface area contributed by atoms with Crippen LogP contribution >= 0.6 is 11.6 Å². The maximum atomic E-state index is 12.5. The van der Waals surface area contributed by atoms with E-state index >= 15 is 0 Å². The molecule has 25 heavy (non-hydrogen) atoms. The van der Waals surface area contributed by atoms with Gasteiger partial charge in [0.25, 0.3) is 5.91 Å². The quantitative estimate of drug-likeness (QED) is 0.772. The molecule has 1 saturated heterocycles. The van der Waals surface area contributed by atoms with Crippen molar-refractivity contribution in [2.24, 2.45) is 0 Å². The second kappa shape index (κ2) is 7.35. The van der Waals surface area contributed by atoms with Gasteiger partial charge in [-0.15, -0.1) is 0 Å². The van der Waals surface area contributed by atoms with Crippen LogP contribution in [0.5, 0.6) is 0 Å². The summed E-state index contributed by atoms with van der Waals surface area (Å²) < 4.78 is 0. The van der Waals surface area contributed by atoms with Crippen LogP contribution in [0.25, 0.3) is 0 Å². The number of carbonyl (C=O) groups excluding carboxylic acids is 1. The minimum Gasteiger partial charge on any atom is -0.465 e. The van der Waals surface area contributed by atoms with Crippen LogP contribution in [-0.2, 0) is 0 Å². The molecule has 3 rings (SSSR count). The Morgan fingerprint density at radius 3 is 2.52 bits per heavy atom. The summed E-state index contributed by atoms with van der Waals surface area (Å²) in [5.41, 5.74) is 0.934. The number of benzene rings is 1. The topological polar surface area (TPSA) is 107 Å². The molecule has 1 aliphatic rings. The smallest absolute Gasteiger partial charge is 0.409 e. The fourth-order valence-corrected chi connectivity index (χ4v) is 2.73. The fraction of sp³-hybridized carbons (Fsp3) is 0.250. The van der Waals surface area contributed by atoms with Crippen molar-refractivity contribution in [3.63, 3.8) is 0 Å². The van der Waals surface area contributed by atoms with E-state index in [1.54, 1.807) is 29.2 Å². The van der Waals surface area contributed by atoms with Gasteiger partial charge in [-0.1, -0.05) is 11.6 Å². The summed E-state index contributed by atoms with van der Waals surface area (Å²) in [7, 11) is 0. The number of nitrogens with zero attached hydrogens (tertiary/aromatic N) is 3. The molecule has 0 bridgehead atoms. The summed E-state index contributed by atoms with van der Waals surface area (Å²) >= 11 is 5.76. The van der Waals surface area contributed by atoms with Crippen molar-refractivity contribution in [3.05, 3.63) is 47.2 Å². The van der Waals surface area contributed by atoms with Crippen LogP contribution in [0.1, 0.15) is 16.8 Å². The summed E-state index contributed by atoms with van der Waals surface area (Å²) in [6.45, 7) is 1.17. The van der Waals surface area contributed by atoms with Crippen LogP contribution in [-0.4, -0.2) is 51.1 Å². The van der Waals surface area contributed by atoms with E-state index in [4.69, 9.17) is 16.7 Å². The number of amides is 2. The third kappa shape index (κ3) is 4.36. The molecular weight excluding hydrogens is 346 g/mol. The number of nitrogens with one attached hydrogen (secondary N) is 2. The van der Waals surface area contributed by atoms with Crippen LogP contribution in [0.2, 0.25) is 5.02 Å². The van der Waals surface area contributed by atoms with E-state index in [0.717, 1.165) is 6.42 Å². The van der Waals surface area contributed by atoms with E-state index in [9.17, 15) is 9.59 Å². The highest BCUT2D eigenvalue weighted by Gasteiger charge is 2.27. The molecule has 1 fully saturated rings. The number of rotatable bonds is 4. The minimum absolute atomic E-state index is 0.0677. The Bertz CT molecular complexity index is 766. The standard InChI is InChI=1S/C16H16ClN5O3/c17-11-7-18-15(19-8-11)20-13-5-6-22(9-13)14(23)10-1-3-12(4-2-10)21-16(24)25/h1-4,7-8,13,21H,5-6,9H2,(H,24,25)(H,18,19,20)/t13-/m0/s1. The molecule has 1 aromatic carbocycles. The lowest BCUT2D eigenvalue weighted by atomic mass is 10.2. The number of carboxylic acid groups (broad SMARTS) is 1. The molecular formula is C16H16ClN5O3. The van der Waals surface area contributed by atoms with Gasteiger partial charge in [-0.2, -0.15) is 0 Å². The molecule has 130 valence electrons. The van der Waals surface area contributed by atoms with Crippen molar-refractivity contribution < 1.29 is 14.7 Å². The minimum atomic E-state index is -1.14. The van der Waals surface area contributed by atoms with Gasteiger partial charge in [0, 0.05) is 30.4 Å². The lowest BCUT2D eigenvalue weighted by Crippen LogP contribution is -2.31. The monoisotopic (exact) mass is 361 g/mol.